The highest BCUT2D eigenvalue weighted by molar-refractivity contribution is 6.35. The lowest BCUT2D eigenvalue weighted by Gasteiger charge is -2.28. The monoisotopic (exact) mass is 499 g/mol. The van der Waals surface area contributed by atoms with Crippen LogP contribution in [0.25, 0.3) is 16.6 Å². The van der Waals surface area contributed by atoms with Crippen molar-refractivity contribution in [3.63, 3.8) is 0 Å². The molecule has 9 nitrogen and oxygen atoms in total. The van der Waals surface area contributed by atoms with Gasteiger partial charge in [-0.2, -0.15) is 5.26 Å². The number of nitrogen functional groups attached to an aromatic ring is 1. The highest BCUT2D eigenvalue weighted by atomic mass is 35.5. The van der Waals surface area contributed by atoms with Crippen LogP contribution in [0.5, 0.6) is 0 Å². The smallest absolute Gasteiger partial charge is 0.267 e. The molecule has 2 N–H and O–H groups in total. The van der Waals surface area contributed by atoms with E-state index in [9.17, 15) is 10.1 Å². The van der Waals surface area contributed by atoms with Crippen molar-refractivity contribution in [1.29, 1.82) is 5.26 Å². The van der Waals surface area contributed by atoms with E-state index in [1.54, 1.807) is 28.8 Å². The average Bonchev–Trinajstić information content (AvgIpc) is 3.31. The van der Waals surface area contributed by atoms with Gasteiger partial charge in [0.05, 0.1) is 40.4 Å². The molecule has 2 aromatic heterocycles. The fourth-order valence-electron chi connectivity index (χ4n) is 4.57. The standard InChI is InChI=1S/C26H22ClN7O2/c1-2-11-36-17-12-21(33(14-17)24-18(13-28)23(29)30-15-31-24)25-32-20-10-6-9-19(27)22(20)26(35)34(25)16-7-4-3-5-8-16/h2-10,15,17,21H,1,11-12,14H2,(H2,29,30,31)/t17-,21+/m1/s1. The van der Waals surface area contributed by atoms with Crippen LogP contribution in [-0.2, 0) is 4.74 Å². The lowest BCUT2D eigenvalue weighted by molar-refractivity contribution is 0.0882. The van der Waals surface area contributed by atoms with Gasteiger partial charge in [-0.1, -0.05) is 41.9 Å². The number of ether oxygens (including phenoxy) is 1. The molecule has 0 radical (unpaired) electrons. The Hall–Kier alpha value is -4.26. The lowest BCUT2D eigenvalue weighted by atomic mass is 10.1. The van der Waals surface area contributed by atoms with Gasteiger partial charge < -0.3 is 15.4 Å². The largest absolute Gasteiger partial charge is 0.382 e. The molecule has 0 unspecified atom stereocenters. The summed E-state index contributed by atoms with van der Waals surface area (Å²) in [6.45, 7) is 4.49. The minimum absolute atomic E-state index is 0.0791. The Morgan fingerprint density at radius 1 is 1.22 bits per heavy atom. The number of benzene rings is 2. The molecule has 1 saturated heterocycles. The second-order valence-corrected chi connectivity index (χ2v) is 8.70. The Labute approximate surface area is 212 Å². The van der Waals surface area contributed by atoms with Gasteiger partial charge in [0, 0.05) is 13.0 Å². The number of nitrogens with zero attached hydrogens (tertiary/aromatic N) is 6. The van der Waals surface area contributed by atoms with Crippen LogP contribution in [0.4, 0.5) is 11.6 Å². The van der Waals surface area contributed by atoms with Gasteiger partial charge in [0.1, 0.15) is 29.6 Å². The number of rotatable bonds is 6. The number of nitriles is 1. The van der Waals surface area contributed by atoms with Crippen LogP contribution in [-0.4, -0.2) is 38.8 Å². The van der Waals surface area contributed by atoms with Crippen molar-refractivity contribution in [3.8, 4) is 11.8 Å². The van der Waals surface area contributed by atoms with Crippen molar-refractivity contribution >= 4 is 34.1 Å². The molecule has 1 fully saturated rings. The lowest BCUT2D eigenvalue weighted by Crippen LogP contribution is -2.33. The van der Waals surface area contributed by atoms with E-state index < -0.39 is 6.04 Å². The molecule has 10 heteroatoms. The van der Waals surface area contributed by atoms with Gasteiger partial charge in [0.2, 0.25) is 0 Å². The van der Waals surface area contributed by atoms with E-state index in [-0.39, 0.29) is 23.0 Å². The third-order valence-electron chi connectivity index (χ3n) is 6.14. The highest BCUT2D eigenvalue weighted by Gasteiger charge is 2.39. The maximum atomic E-state index is 13.9. The molecular weight excluding hydrogens is 478 g/mol. The number of halogens is 1. The summed E-state index contributed by atoms with van der Waals surface area (Å²) in [5, 5.41) is 10.5. The van der Waals surface area contributed by atoms with Gasteiger partial charge in [0.25, 0.3) is 5.56 Å². The molecule has 0 saturated carbocycles. The first-order chi connectivity index (χ1) is 17.5. The summed E-state index contributed by atoms with van der Waals surface area (Å²) in [7, 11) is 0. The number of hydrogen-bond acceptors (Lipinski definition) is 8. The van der Waals surface area contributed by atoms with Crippen LogP contribution < -0.4 is 16.2 Å². The summed E-state index contributed by atoms with van der Waals surface area (Å²) >= 11 is 6.44. The zero-order chi connectivity index (χ0) is 25.2. The van der Waals surface area contributed by atoms with Gasteiger partial charge in [0.15, 0.2) is 5.82 Å². The first-order valence-electron chi connectivity index (χ1n) is 11.3. The topological polar surface area (TPSA) is 123 Å². The number of nitrogens with two attached hydrogens (primary N) is 1. The van der Waals surface area contributed by atoms with Crippen LogP contribution in [0.15, 0.2) is 72.3 Å². The SMILES string of the molecule is C=CCO[C@@H]1C[C@@H](c2nc3cccc(Cl)c3c(=O)n2-c2ccccc2)N(c2ncnc(N)c2C#N)C1. The Morgan fingerprint density at radius 3 is 2.78 bits per heavy atom. The fraction of sp³-hybridized carbons (Fsp3) is 0.192. The van der Waals surface area contributed by atoms with E-state index in [4.69, 9.17) is 27.1 Å². The Balaban J connectivity index is 1.77. The quantitative estimate of drug-likeness (QED) is 0.397. The number of para-hydroxylation sites is 1. The maximum Gasteiger partial charge on any atom is 0.267 e. The maximum absolute atomic E-state index is 13.9. The van der Waals surface area contributed by atoms with Gasteiger partial charge >= 0.3 is 0 Å². The second-order valence-electron chi connectivity index (χ2n) is 8.30. The Kier molecular flexibility index (Phi) is 6.38. The van der Waals surface area contributed by atoms with E-state index in [0.29, 0.717) is 52.8 Å². The molecule has 5 rings (SSSR count). The van der Waals surface area contributed by atoms with Crippen molar-refractivity contribution in [2.24, 2.45) is 0 Å². The van der Waals surface area contributed by atoms with Crippen molar-refractivity contribution in [3.05, 3.63) is 94.3 Å². The van der Waals surface area contributed by atoms with Gasteiger partial charge in [-0.25, -0.2) is 15.0 Å². The predicted octanol–water partition coefficient (Wildman–Crippen LogP) is 3.81. The van der Waals surface area contributed by atoms with Crippen LogP contribution in [0.1, 0.15) is 23.9 Å². The van der Waals surface area contributed by atoms with Crippen molar-refractivity contribution in [2.45, 2.75) is 18.6 Å². The summed E-state index contributed by atoms with van der Waals surface area (Å²) < 4.78 is 7.56. The first-order valence-corrected chi connectivity index (χ1v) is 11.7. The number of hydrogen-bond donors (Lipinski definition) is 1. The van der Waals surface area contributed by atoms with Crippen LogP contribution >= 0.6 is 11.6 Å². The van der Waals surface area contributed by atoms with Crippen molar-refractivity contribution in [1.82, 2.24) is 19.5 Å². The van der Waals surface area contributed by atoms with E-state index in [1.807, 2.05) is 35.2 Å². The molecule has 2 atom stereocenters. The van der Waals surface area contributed by atoms with Crippen molar-refractivity contribution < 1.29 is 4.74 Å². The summed E-state index contributed by atoms with van der Waals surface area (Å²) in [5.41, 5.74) is 7.00. The number of aromatic nitrogens is 4. The highest BCUT2D eigenvalue weighted by Crippen LogP contribution is 2.38. The molecule has 1 aliphatic heterocycles. The summed E-state index contributed by atoms with van der Waals surface area (Å²) in [6.07, 6.45) is 3.26. The first kappa shape index (κ1) is 23.5. The third-order valence-corrected chi connectivity index (χ3v) is 6.45. The van der Waals surface area contributed by atoms with Crippen LogP contribution in [0.2, 0.25) is 5.02 Å². The molecule has 0 bridgehead atoms. The normalized spacial score (nSPS) is 17.3. The molecule has 0 amide bonds. The molecule has 0 spiro atoms. The minimum atomic E-state index is -0.461. The number of anilines is 2. The van der Waals surface area contributed by atoms with Crippen LogP contribution in [0.3, 0.4) is 0 Å². The summed E-state index contributed by atoms with van der Waals surface area (Å²) in [5.74, 6) is 0.918. The van der Waals surface area contributed by atoms with Gasteiger partial charge in [-0.3, -0.25) is 9.36 Å². The molecule has 36 heavy (non-hydrogen) atoms. The van der Waals surface area contributed by atoms with Gasteiger partial charge in [-0.05, 0) is 24.3 Å². The molecule has 2 aromatic carbocycles. The molecule has 4 aromatic rings. The van der Waals surface area contributed by atoms with E-state index in [1.165, 1.54) is 6.33 Å². The fourth-order valence-corrected chi connectivity index (χ4v) is 4.82. The molecular formula is C26H22ClN7O2. The third kappa shape index (κ3) is 4.06. The summed E-state index contributed by atoms with van der Waals surface area (Å²) in [4.78, 5) is 29.1. The van der Waals surface area contributed by atoms with E-state index in [0.717, 1.165) is 0 Å². The second kappa shape index (κ2) is 9.77. The van der Waals surface area contributed by atoms with E-state index in [2.05, 4.69) is 22.6 Å². The Morgan fingerprint density at radius 2 is 2.03 bits per heavy atom. The Bertz CT molecular complexity index is 1550. The number of fused-ring (bicyclic) bond motifs is 1. The average molecular weight is 500 g/mol. The van der Waals surface area contributed by atoms with E-state index >= 15 is 0 Å². The molecule has 3 heterocycles. The minimum Gasteiger partial charge on any atom is -0.382 e. The molecule has 1 aliphatic rings. The molecule has 0 aliphatic carbocycles. The molecule has 180 valence electrons. The van der Waals surface area contributed by atoms with Crippen molar-refractivity contribution in [2.75, 3.05) is 23.8 Å². The summed E-state index contributed by atoms with van der Waals surface area (Å²) in [6, 6.07) is 16.1. The zero-order valence-electron chi connectivity index (χ0n) is 19.2. The van der Waals surface area contributed by atoms with Crippen LogP contribution in [0, 0.1) is 11.3 Å². The predicted molar refractivity (Wildman–Crippen MR) is 138 cm³/mol. The zero-order valence-corrected chi connectivity index (χ0v) is 20.0. The van der Waals surface area contributed by atoms with Gasteiger partial charge in [-0.15, -0.1) is 6.58 Å².